The highest BCUT2D eigenvalue weighted by Gasteiger charge is 2.30. The number of fused-ring (bicyclic) bond motifs is 2. The van der Waals surface area contributed by atoms with Gasteiger partial charge in [0.05, 0.1) is 13.2 Å². The minimum Gasteiger partial charge on any atom is -0.378 e. The van der Waals surface area contributed by atoms with Gasteiger partial charge in [-0.3, -0.25) is 14.4 Å². The molecule has 38 heavy (non-hydrogen) atoms. The van der Waals surface area contributed by atoms with Crippen molar-refractivity contribution in [3.63, 3.8) is 0 Å². The highest BCUT2D eigenvalue weighted by Crippen LogP contribution is 2.18. The van der Waals surface area contributed by atoms with Crippen LogP contribution in [0.2, 0.25) is 0 Å². The maximum Gasteiger partial charge on any atom is 0.243 e. The number of rotatable bonds is 4. The summed E-state index contributed by atoms with van der Waals surface area (Å²) in [5, 5.41) is 11.8. The van der Waals surface area contributed by atoms with E-state index in [-0.39, 0.29) is 17.7 Å². The van der Waals surface area contributed by atoms with Crippen molar-refractivity contribution in [1.82, 2.24) is 25.9 Å². The quantitative estimate of drug-likeness (QED) is 0.459. The first kappa shape index (κ1) is 27.3. The number of morpholine rings is 1. The molecule has 0 saturated carbocycles. The van der Waals surface area contributed by atoms with E-state index >= 15 is 0 Å². The first-order valence-electron chi connectivity index (χ1n) is 13.2. The van der Waals surface area contributed by atoms with Crippen LogP contribution in [-0.4, -0.2) is 78.7 Å². The first-order valence-corrected chi connectivity index (χ1v) is 13.2. The SMILES string of the molecule is CC(C)[C@H]1NC(=O)[C@H](Cc2ccccc2)Nc2cc(nc(N3CCOCC3)n2)CCNC(=O)[C@H](C)NC1=O. The summed E-state index contributed by atoms with van der Waals surface area (Å²) < 4.78 is 5.48. The fraction of sp³-hybridized carbons (Fsp3) is 0.519. The number of ether oxygens (including phenoxy) is 1. The van der Waals surface area contributed by atoms with E-state index in [4.69, 9.17) is 14.7 Å². The molecular weight excluding hydrogens is 486 g/mol. The minimum atomic E-state index is -0.812. The molecule has 1 aromatic carbocycles. The first-order chi connectivity index (χ1) is 18.3. The second kappa shape index (κ2) is 12.7. The van der Waals surface area contributed by atoms with Crippen molar-refractivity contribution >= 4 is 29.5 Å². The summed E-state index contributed by atoms with van der Waals surface area (Å²) in [5.74, 6) is -0.173. The van der Waals surface area contributed by atoms with Gasteiger partial charge in [0.2, 0.25) is 23.7 Å². The van der Waals surface area contributed by atoms with Gasteiger partial charge in [0.25, 0.3) is 0 Å². The lowest BCUT2D eigenvalue weighted by molar-refractivity contribution is -0.132. The second-order valence-corrected chi connectivity index (χ2v) is 10.0. The molecule has 3 atom stereocenters. The number of carbonyl (C=O) groups excluding carboxylic acids is 3. The maximum absolute atomic E-state index is 13.6. The predicted molar refractivity (Wildman–Crippen MR) is 144 cm³/mol. The summed E-state index contributed by atoms with van der Waals surface area (Å²) in [6, 6.07) is 9.24. The van der Waals surface area contributed by atoms with Crippen LogP contribution >= 0.6 is 0 Å². The lowest BCUT2D eigenvalue weighted by Crippen LogP contribution is -2.56. The number of benzene rings is 1. The molecule has 3 amide bonds. The third-order valence-electron chi connectivity index (χ3n) is 6.66. The number of carbonyl (C=O) groups is 3. The van der Waals surface area contributed by atoms with Gasteiger partial charge in [-0.25, -0.2) is 4.98 Å². The predicted octanol–water partition coefficient (Wildman–Crippen LogP) is 0.654. The number of aromatic nitrogens is 2. The van der Waals surface area contributed by atoms with E-state index in [0.29, 0.717) is 57.5 Å². The van der Waals surface area contributed by atoms with Gasteiger partial charge in [-0.2, -0.15) is 4.98 Å². The van der Waals surface area contributed by atoms with E-state index in [0.717, 1.165) is 11.3 Å². The standard InChI is InChI=1S/C27H37N7O4/c1-17(2)23-26(37)29-18(3)24(35)28-10-9-20-16-22(32-27(30-20)34-11-13-38-14-12-34)31-21(25(36)33-23)15-19-7-5-4-6-8-19/h4-8,16-18,21,23H,9-15H2,1-3H3,(H,28,35)(H,29,37)(H,33,36)(H,30,31,32)/t18-,21-,23+/m0/s1. The summed E-state index contributed by atoms with van der Waals surface area (Å²) in [6.45, 7) is 8.17. The fourth-order valence-corrected chi connectivity index (χ4v) is 4.45. The Morgan fingerprint density at radius 3 is 2.42 bits per heavy atom. The van der Waals surface area contributed by atoms with E-state index in [2.05, 4.69) is 26.2 Å². The highest BCUT2D eigenvalue weighted by atomic mass is 16.5. The summed E-state index contributed by atoms with van der Waals surface area (Å²) in [5.41, 5.74) is 1.70. The number of nitrogens with zero attached hydrogens (tertiary/aromatic N) is 3. The van der Waals surface area contributed by atoms with E-state index in [9.17, 15) is 14.4 Å². The van der Waals surface area contributed by atoms with Gasteiger partial charge in [0.15, 0.2) is 0 Å². The molecule has 4 rings (SSSR count). The van der Waals surface area contributed by atoms with Crippen molar-refractivity contribution in [1.29, 1.82) is 0 Å². The van der Waals surface area contributed by atoms with Gasteiger partial charge in [0, 0.05) is 44.2 Å². The molecule has 2 bridgehead atoms. The lowest BCUT2D eigenvalue weighted by atomic mass is 10.0. The van der Waals surface area contributed by atoms with Crippen molar-refractivity contribution in [3.8, 4) is 0 Å². The van der Waals surface area contributed by atoms with E-state index < -0.39 is 24.0 Å². The Labute approximate surface area is 223 Å². The molecule has 2 aromatic rings. The number of anilines is 2. The zero-order valence-electron chi connectivity index (χ0n) is 22.2. The molecule has 204 valence electrons. The second-order valence-electron chi connectivity index (χ2n) is 10.0. The Hall–Kier alpha value is -3.73. The molecular formula is C27H37N7O4. The van der Waals surface area contributed by atoms with Crippen molar-refractivity contribution in [2.24, 2.45) is 5.92 Å². The number of hydrogen-bond donors (Lipinski definition) is 4. The van der Waals surface area contributed by atoms with Crippen LogP contribution in [0.15, 0.2) is 36.4 Å². The van der Waals surface area contributed by atoms with Gasteiger partial charge < -0.3 is 30.9 Å². The summed E-state index contributed by atoms with van der Waals surface area (Å²) >= 11 is 0. The average Bonchev–Trinajstić information content (AvgIpc) is 2.91. The van der Waals surface area contributed by atoms with Crippen molar-refractivity contribution in [2.45, 2.75) is 51.7 Å². The fourth-order valence-electron chi connectivity index (χ4n) is 4.45. The molecule has 2 aliphatic heterocycles. The number of amides is 3. The third kappa shape index (κ3) is 7.18. The number of hydrogen-bond acceptors (Lipinski definition) is 8. The third-order valence-corrected chi connectivity index (χ3v) is 6.66. The van der Waals surface area contributed by atoms with Crippen molar-refractivity contribution in [2.75, 3.05) is 43.1 Å². The number of nitrogens with one attached hydrogen (secondary N) is 4. The Bertz CT molecular complexity index is 1120. The van der Waals surface area contributed by atoms with Crippen LogP contribution in [0.3, 0.4) is 0 Å². The Morgan fingerprint density at radius 1 is 0.974 bits per heavy atom. The molecule has 0 aliphatic carbocycles. The topological polar surface area (TPSA) is 138 Å². The van der Waals surface area contributed by atoms with Crippen LogP contribution in [0.4, 0.5) is 11.8 Å². The molecule has 1 aromatic heterocycles. The van der Waals surface area contributed by atoms with Crippen LogP contribution in [-0.2, 0) is 32.0 Å². The van der Waals surface area contributed by atoms with Crippen LogP contribution in [0.1, 0.15) is 32.0 Å². The van der Waals surface area contributed by atoms with E-state index in [1.165, 1.54) is 0 Å². The van der Waals surface area contributed by atoms with Crippen molar-refractivity contribution in [3.05, 3.63) is 47.7 Å². The van der Waals surface area contributed by atoms with Crippen LogP contribution in [0.25, 0.3) is 0 Å². The smallest absolute Gasteiger partial charge is 0.243 e. The average molecular weight is 524 g/mol. The van der Waals surface area contributed by atoms with Gasteiger partial charge in [0.1, 0.15) is 23.9 Å². The molecule has 11 heteroatoms. The Balaban J connectivity index is 1.70. The van der Waals surface area contributed by atoms with Gasteiger partial charge in [-0.1, -0.05) is 44.2 Å². The van der Waals surface area contributed by atoms with E-state index in [1.54, 1.807) is 6.92 Å². The Morgan fingerprint density at radius 2 is 1.71 bits per heavy atom. The lowest BCUT2D eigenvalue weighted by Gasteiger charge is -2.28. The van der Waals surface area contributed by atoms with Gasteiger partial charge in [-0.05, 0) is 18.4 Å². The van der Waals surface area contributed by atoms with Crippen LogP contribution in [0.5, 0.6) is 0 Å². The molecule has 11 nitrogen and oxygen atoms in total. The normalized spacial score (nSPS) is 23.4. The maximum atomic E-state index is 13.6. The molecule has 3 heterocycles. The molecule has 0 unspecified atom stereocenters. The zero-order chi connectivity index (χ0) is 27.1. The largest absolute Gasteiger partial charge is 0.378 e. The van der Waals surface area contributed by atoms with Gasteiger partial charge in [-0.15, -0.1) is 0 Å². The van der Waals surface area contributed by atoms with Crippen LogP contribution < -0.4 is 26.2 Å². The van der Waals surface area contributed by atoms with Gasteiger partial charge >= 0.3 is 0 Å². The summed E-state index contributed by atoms with van der Waals surface area (Å²) in [7, 11) is 0. The molecule has 2 aliphatic rings. The Kier molecular flexibility index (Phi) is 9.11. The van der Waals surface area contributed by atoms with Crippen molar-refractivity contribution < 1.29 is 19.1 Å². The molecule has 1 fully saturated rings. The highest BCUT2D eigenvalue weighted by molar-refractivity contribution is 5.93. The van der Waals surface area contributed by atoms with E-state index in [1.807, 2.05) is 50.2 Å². The molecule has 4 N–H and O–H groups in total. The monoisotopic (exact) mass is 523 g/mol. The molecule has 0 spiro atoms. The zero-order valence-corrected chi connectivity index (χ0v) is 22.2. The molecule has 1 saturated heterocycles. The summed E-state index contributed by atoms with van der Waals surface area (Å²) in [6.07, 6.45) is 0.854. The summed E-state index contributed by atoms with van der Waals surface area (Å²) in [4.78, 5) is 50.9. The van der Waals surface area contributed by atoms with Crippen LogP contribution in [0, 0.1) is 5.92 Å². The molecule has 0 radical (unpaired) electrons. The minimum absolute atomic E-state index is 0.194.